The second kappa shape index (κ2) is 5.29. The first kappa shape index (κ1) is 14.9. The molecule has 2 amide bonds. The van der Waals surface area contributed by atoms with Crippen LogP contribution < -0.4 is 5.32 Å². The summed E-state index contributed by atoms with van der Waals surface area (Å²) in [4.78, 5) is 28.1. The van der Waals surface area contributed by atoms with Crippen LogP contribution in [0.15, 0.2) is 12.1 Å². The van der Waals surface area contributed by atoms with E-state index in [2.05, 4.69) is 5.32 Å². The third kappa shape index (κ3) is 2.36. The summed E-state index contributed by atoms with van der Waals surface area (Å²) in [6, 6.07) is 3.20. The minimum absolute atomic E-state index is 0.0500. The molecule has 2 fully saturated rings. The van der Waals surface area contributed by atoms with Crippen LogP contribution in [0.5, 0.6) is 0 Å². The van der Waals surface area contributed by atoms with Gasteiger partial charge < -0.3 is 10.2 Å². The Morgan fingerprint density at radius 3 is 2.62 bits per heavy atom. The van der Waals surface area contributed by atoms with Crippen LogP contribution in [0.2, 0.25) is 4.34 Å². The van der Waals surface area contributed by atoms with E-state index in [0.29, 0.717) is 4.34 Å². The average molecular weight is 327 g/mol. The molecule has 1 aliphatic carbocycles. The van der Waals surface area contributed by atoms with Gasteiger partial charge in [-0.15, -0.1) is 11.3 Å². The molecule has 4 nitrogen and oxygen atoms in total. The lowest BCUT2D eigenvalue weighted by Gasteiger charge is -2.45. The Morgan fingerprint density at radius 2 is 2.05 bits per heavy atom. The third-order valence-electron chi connectivity index (χ3n) is 4.68. The molecule has 1 spiro atoms. The maximum absolute atomic E-state index is 13.0. The molecule has 21 heavy (non-hydrogen) atoms. The van der Waals surface area contributed by atoms with Crippen molar-refractivity contribution in [3.8, 4) is 0 Å². The largest absolute Gasteiger partial charge is 0.340 e. The van der Waals surface area contributed by atoms with Crippen molar-refractivity contribution in [2.24, 2.45) is 0 Å². The van der Waals surface area contributed by atoms with Crippen LogP contribution in [-0.4, -0.2) is 28.3 Å². The first-order valence-corrected chi connectivity index (χ1v) is 8.54. The van der Waals surface area contributed by atoms with E-state index in [1.165, 1.54) is 11.3 Å². The predicted octanol–water partition coefficient (Wildman–Crippen LogP) is 3.12. The second-order valence-corrected chi connectivity index (χ2v) is 7.73. The van der Waals surface area contributed by atoms with Crippen molar-refractivity contribution >= 4 is 34.8 Å². The van der Waals surface area contributed by atoms with E-state index in [1.54, 1.807) is 11.8 Å². The first-order valence-electron chi connectivity index (χ1n) is 7.35. The average Bonchev–Trinajstić information content (AvgIpc) is 3.07. The molecule has 114 valence electrons. The van der Waals surface area contributed by atoms with E-state index in [-0.39, 0.29) is 17.9 Å². The number of hydrogen-bond donors (Lipinski definition) is 1. The normalized spacial score (nSPS) is 26.2. The summed E-state index contributed by atoms with van der Waals surface area (Å²) in [7, 11) is 0. The van der Waals surface area contributed by atoms with Gasteiger partial charge in [-0.05, 0) is 38.8 Å². The molecule has 0 radical (unpaired) electrons. The molecule has 1 aliphatic heterocycles. The van der Waals surface area contributed by atoms with Gasteiger partial charge in [0, 0.05) is 4.88 Å². The zero-order valence-electron chi connectivity index (χ0n) is 12.2. The number of nitrogens with zero attached hydrogens (tertiary/aromatic N) is 1. The van der Waals surface area contributed by atoms with Crippen molar-refractivity contribution in [1.82, 2.24) is 10.2 Å². The highest BCUT2D eigenvalue weighted by molar-refractivity contribution is 7.16. The highest BCUT2D eigenvalue weighted by Crippen LogP contribution is 2.39. The van der Waals surface area contributed by atoms with Crippen LogP contribution >= 0.6 is 22.9 Å². The maximum atomic E-state index is 13.0. The number of thiophene rings is 1. The minimum Gasteiger partial charge on any atom is -0.340 e. The number of carbonyl (C=O) groups excluding carboxylic acids is 2. The lowest BCUT2D eigenvalue weighted by Crippen LogP contribution is -2.68. The van der Waals surface area contributed by atoms with Crippen molar-refractivity contribution in [2.75, 3.05) is 0 Å². The fourth-order valence-electron chi connectivity index (χ4n) is 3.46. The molecule has 2 heterocycles. The van der Waals surface area contributed by atoms with E-state index in [0.717, 1.165) is 30.6 Å². The molecular weight excluding hydrogens is 308 g/mol. The number of amides is 2. The van der Waals surface area contributed by atoms with Gasteiger partial charge in [-0.25, -0.2) is 0 Å². The van der Waals surface area contributed by atoms with Gasteiger partial charge >= 0.3 is 0 Å². The molecular formula is C15H19ClN2O2S. The van der Waals surface area contributed by atoms with E-state index in [4.69, 9.17) is 11.6 Å². The van der Waals surface area contributed by atoms with Gasteiger partial charge in [-0.2, -0.15) is 0 Å². The van der Waals surface area contributed by atoms with Crippen LogP contribution in [0.25, 0.3) is 0 Å². The molecule has 2 aliphatic rings. The molecule has 1 aromatic rings. The van der Waals surface area contributed by atoms with Gasteiger partial charge in [0.2, 0.25) is 11.8 Å². The molecule has 1 aromatic heterocycles. The fraction of sp³-hybridized carbons (Fsp3) is 0.600. The van der Waals surface area contributed by atoms with E-state index < -0.39 is 11.6 Å². The summed E-state index contributed by atoms with van der Waals surface area (Å²) in [5.41, 5.74) is -0.668. The molecule has 2 unspecified atom stereocenters. The topological polar surface area (TPSA) is 49.4 Å². The Bertz CT molecular complexity index is 580. The van der Waals surface area contributed by atoms with Gasteiger partial charge in [0.1, 0.15) is 11.6 Å². The second-order valence-electron chi connectivity index (χ2n) is 5.98. The lowest BCUT2D eigenvalue weighted by molar-refractivity contribution is -0.156. The van der Waals surface area contributed by atoms with Crippen LogP contribution in [-0.2, 0) is 9.59 Å². The van der Waals surface area contributed by atoms with Crippen LogP contribution in [0.3, 0.4) is 0 Å². The maximum Gasteiger partial charge on any atom is 0.249 e. The van der Waals surface area contributed by atoms with Gasteiger partial charge in [-0.3, -0.25) is 9.59 Å². The number of nitrogens with one attached hydrogen (secondary N) is 1. The van der Waals surface area contributed by atoms with Crippen LogP contribution in [0, 0.1) is 0 Å². The summed E-state index contributed by atoms with van der Waals surface area (Å²) >= 11 is 7.47. The van der Waals surface area contributed by atoms with Crippen molar-refractivity contribution in [3.63, 3.8) is 0 Å². The standard InChI is InChI=1S/C15H19ClN2O2S/c1-9(11-5-6-12(16)21-11)18-10(2)13(19)17-15(14(18)20)7-3-4-8-15/h5-6,9-10H,3-4,7-8H2,1-2H3,(H,17,19). The summed E-state index contributed by atoms with van der Waals surface area (Å²) in [5, 5.41) is 2.98. The zero-order valence-corrected chi connectivity index (χ0v) is 13.8. The Labute approximate surface area is 133 Å². The quantitative estimate of drug-likeness (QED) is 0.907. The lowest BCUT2D eigenvalue weighted by atomic mass is 9.90. The monoisotopic (exact) mass is 326 g/mol. The van der Waals surface area contributed by atoms with Gasteiger partial charge in [0.05, 0.1) is 10.4 Å². The van der Waals surface area contributed by atoms with Crippen LogP contribution in [0.4, 0.5) is 0 Å². The number of halogens is 1. The summed E-state index contributed by atoms with van der Waals surface area (Å²) in [6.07, 6.45) is 3.48. The SMILES string of the molecule is CC1C(=O)NC2(CCCC2)C(=O)N1C(C)c1ccc(Cl)s1. The Morgan fingerprint density at radius 1 is 1.38 bits per heavy atom. The van der Waals surface area contributed by atoms with Crippen molar-refractivity contribution in [3.05, 3.63) is 21.3 Å². The molecule has 1 saturated heterocycles. The van der Waals surface area contributed by atoms with Gasteiger partial charge in [0.25, 0.3) is 0 Å². The Balaban J connectivity index is 1.94. The van der Waals surface area contributed by atoms with E-state index in [1.807, 2.05) is 19.1 Å². The zero-order chi connectivity index (χ0) is 15.2. The molecule has 6 heteroatoms. The molecule has 0 aromatic carbocycles. The van der Waals surface area contributed by atoms with Gasteiger partial charge in [-0.1, -0.05) is 24.4 Å². The molecule has 1 N–H and O–H groups in total. The number of piperazine rings is 1. The molecule has 1 saturated carbocycles. The molecule has 3 rings (SSSR count). The van der Waals surface area contributed by atoms with Crippen molar-refractivity contribution in [2.45, 2.75) is 57.2 Å². The van der Waals surface area contributed by atoms with E-state index >= 15 is 0 Å². The number of rotatable bonds is 2. The highest BCUT2D eigenvalue weighted by Gasteiger charge is 2.52. The Hall–Kier alpha value is -1.07. The predicted molar refractivity (Wildman–Crippen MR) is 83.4 cm³/mol. The van der Waals surface area contributed by atoms with Crippen molar-refractivity contribution in [1.29, 1.82) is 0 Å². The van der Waals surface area contributed by atoms with E-state index in [9.17, 15) is 9.59 Å². The van der Waals surface area contributed by atoms with Gasteiger partial charge in [0.15, 0.2) is 0 Å². The third-order valence-corrected chi connectivity index (χ3v) is 6.08. The minimum atomic E-state index is -0.668. The Kier molecular flexibility index (Phi) is 3.74. The number of carbonyl (C=O) groups is 2. The number of hydrogen-bond acceptors (Lipinski definition) is 3. The smallest absolute Gasteiger partial charge is 0.249 e. The summed E-state index contributed by atoms with van der Waals surface area (Å²) < 4.78 is 0.703. The highest BCUT2D eigenvalue weighted by atomic mass is 35.5. The van der Waals surface area contributed by atoms with Crippen molar-refractivity contribution < 1.29 is 9.59 Å². The summed E-state index contributed by atoms with van der Waals surface area (Å²) in [6.45, 7) is 3.76. The molecule has 0 bridgehead atoms. The first-order chi connectivity index (χ1) is 9.94. The van der Waals surface area contributed by atoms with Crippen LogP contribution in [0.1, 0.15) is 50.4 Å². The fourth-order valence-corrected chi connectivity index (χ4v) is 4.57. The molecule has 2 atom stereocenters. The summed E-state index contributed by atoms with van der Waals surface area (Å²) in [5.74, 6) is 0.00938.